The van der Waals surface area contributed by atoms with Crippen molar-refractivity contribution < 1.29 is 19.0 Å². The molecule has 0 saturated carbocycles. The molecular weight excluding hydrogens is 464 g/mol. The van der Waals surface area contributed by atoms with E-state index < -0.39 is 0 Å². The predicted molar refractivity (Wildman–Crippen MR) is 133 cm³/mol. The van der Waals surface area contributed by atoms with Gasteiger partial charge in [-0.25, -0.2) is 0 Å². The van der Waals surface area contributed by atoms with Gasteiger partial charge in [-0.15, -0.1) is 10.2 Å². The molecule has 8 nitrogen and oxygen atoms in total. The van der Waals surface area contributed by atoms with Gasteiger partial charge in [-0.3, -0.25) is 14.3 Å². The van der Waals surface area contributed by atoms with Crippen molar-refractivity contribution in [3.8, 4) is 34.3 Å². The number of hydrogen-bond acceptors (Lipinski definition) is 8. The standard InChI is InChI=1S/C26H24N4O4S/c1-2-32-21-7-5-20(6-8-21)30-25(18-10-12-27-13-11-18)28-29-26(30)35-17-22(31)19-4-9-23-24(16-19)34-15-3-14-33-23/h4-13,16H,2-3,14-15,17H2,1H3. The third kappa shape index (κ3) is 5.14. The van der Waals surface area contributed by atoms with Crippen molar-refractivity contribution in [1.29, 1.82) is 0 Å². The Labute approximate surface area is 207 Å². The molecule has 2 aromatic heterocycles. The van der Waals surface area contributed by atoms with Gasteiger partial charge in [-0.05, 0) is 61.5 Å². The van der Waals surface area contributed by atoms with E-state index in [0.29, 0.717) is 47.9 Å². The molecule has 0 bridgehead atoms. The van der Waals surface area contributed by atoms with Gasteiger partial charge in [-0.2, -0.15) is 0 Å². The van der Waals surface area contributed by atoms with Crippen molar-refractivity contribution in [2.75, 3.05) is 25.6 Å². The molecular formula is C26H24N4O4S. The molecule has 9 heteroatoms. The van der Waals surface area contributed by atoms with Gasteiger partial charge < -0.3 is 14.2 Å². The Morgan fingerprint density at radius 1 is 1.00 bits per heavy atom. The van der Waals surface area contributed by atoms with Crippen molar-refractivity contribution in [3.63, 3.8) is 0 Å². The number of Topliss-reactive ketones (excluding diaryl/α,β-unsaturated/α-hetero) is 1. The summed E-state index contributed by atoms with van der Waals surface area (Å²) in [7, 11) is 0. The molecule has 2 aromatic carbocycles. The van der Waals surface area contributed by atoms with Crippen molar-refractivity contribution >= 4 is 17.5 Å². The topological polar surface area (TPSA) is 88.4 Å². The van der Waals surface area contributed by atoms with E-state index in [1.807, 2.05) is 47.9 Å². The maximum absolute atomic E-state index is 13.0. The second kappa shape index (κ2) is 10.6. The highest BCUT2D eigenvalue weighted by Crippen LogP contribution is 2.32. The van der Waals surface area contributed by atoms with Gasteiger partial charge in [0.1, 0.15) is 5.75 Å². The normalized spacial score (nSPS) is 12.7. The minimum absolute atomic E-state index is 0.0302. The number of ketones is 1. The third-order valence-corrected chi connectivity index (χ3v) is 6.31. The molecule has 0 unspecified atom stereocenters. The number of benzene rings is 2. The molecule has 178 valence electrons. The van der Waals surface area contributed by atoms with Crippen LogP contribution in [0.15, 0.2) is 72.1 Å². The molecule has 1 aliphatic rings. The van der Waals surface area contributed by atoms with E-state index in [1.165, 1.54) is 11.8 Å². The molecule has 0 N–H and O–H groups in total. The van der Waals surface area contributed by atoms with Crippen LogP contribution in [0, 0.1) is 0 Å². The highest BCUT2D eigenvalue weighted by molar-refractivity contribution is 7.99. The van der Waals surface area contributed by atoms with E-state index in [4.69, 9.17) is 14.2 Å². The second-order valence-electron chi connectivity index (χ2n) is 7.73. The van der Waals surface area contributed by atoms with Crippen LogP contribution in [0.3, 0.4) is 0 Å². The van der Waals surface area contributed by atoms with E-state index in [9.17, 15) is 4.79 Å². The minimum atomic E-state index is -0.0302. The molecule has 0 saturated heterocycles. The Morgan fingerprint density at radius 2 is 1.77 bits per heavy atom. The first-order valence-corrected chi connectivity index (χ1v) is 12.4. The van der Waals surface area contributed by atoms with Crippen LogP contribution < -0.4 is 14.2 Å². The Hall–Kier alpha value is -3.85. The summed E-state index contributed by atoms with van der Waals surface area (Å²) >= 11 is 1.34. The number of aromatic nitrogens is 4. The fourth-order valence-electron chi connectivity index (χ4n) is 3.69. The first-order valence-electron chi connectivity index (χ1n) is 11.4. The zero-order chi connectivity index (χ0) is 24.0. The van der Waals surface area contributed by atoms with Crippen molar-refractivity contribution in [1.82, 2.24) is 19.7 Å². The van der Waals surface area contributed by atoms with Gasteiger partial charge in [-0.1, -0.05) is 11.8 Å². The molecule has 0 fully saturated rings. The van der Waals surface area contributed by atoms with Gasteiger partial charge in [0, 0.05) is 35.6 Å². The van der Waals surface area contributed by atoms with Crippen LogP contribution in [0.4, 0.5) is 0 Å². The molecule has 3 heterocycles. The van der Waals surface area contributed by atoms with E-state index in [2.05, 4.69) is 15.2 Å². The predicted octanol–water partition coefficient (Wildman–Crippen LogP) is 4.86. The minimum Gasteiger partial charge on any atom is -0.494 e. The van der Waals surface area contributed by atoms with Crippen LogP contribution >= 0.6 is 11.8 Å². The van der Waals surface area contributed by atoms with Gasteiger partial charge in [0.05, 0.1) is 25.6 Å². The largest absolute Gasteiger partial charge is 0.494 e. The first-order chi connectivity index (χ1) is 17.2. The Kier molecular flexibility index (Phi) is 6.94. The summed E-state index contributed by atoms with van der Waals surface area (Å²) in [6.45, 7) is 3.72. The summed E-state index contributed by atoms with van der Waals surface area (Å²) in [5.74, 6) is 2.90. The number of hydrogen-bond donors (Lipinski definition) is 0. The van der Waals surface area contributed by atoms with E-state index >= 15 is 0 Å². The number of ether oxygens (including phenoxy) is 3. The van der Waals surface area contributed by atoms with Gasteiger partial charge in [0.25, 0.3) is 0 Å². The fraction of sp³-hybridized carbons (Fsp3) is 0.231. The van der Waals surface area contributed by atoms with Crippen LogP contribution in [0.5, 0.6) is 17.2 Å². The first kappa shape index (κ1) is 22.9. The summed E-state index contributed by atoms with van der Waals surface area (Å²) in [6, 6.07) is 16.8. The lowest BCUT2D eigenvalue weighted by atomic mass is 10.1. The maximum Gasteiger partial charge on any atom is 0.196 e. The van der Waals surface area contributed by atoms with Gasteiger partial charge in [0.15, 0.2) is 28.3 Å². The lowest BCUT2D eigenvalue weighted by Crippen LogP contribution is -2.06. The quantitative estimate of drug-likeness (QED) is 0.257. The van der Waals surface area contributed by atoms with Crippen LogP contribution in [0.25, 0.3) is 17.1 Å². The fourth-order valence-corrected chi connectivity index (χ4v) is 4.54. The highest BCUT2D eigenvalue weighted by Gasteiger charge is 2.19. The summed E-state index contributed by atoms with van der Waals surface area (Å²) in [6.07, 6.45) is 4.24. The van der Waals surface area contributed by atoms with Crippen molar-refractivity contribution in [3.05, 3.63) is 72.6 Å². The zero-order valence-electron chi connectivity index (χ0n) is 19.2. The monoisotopic (exact) mass is 488 g/mol. The average Bonchev–Trinajstić information content (AvgIpc) is 3.18. The number of thioether (sulfide) groups is 1. The Bertz CT molecular complexity index is 1310. The van der Waals surface area contributed by atoms with Crippen LogP contribution in [-0.2, 0) is 0 Å². The SMILES string of the molecule is CCOc1ccc(-n2c(SCC(=O)c3ccc4c(c3)OCCCO4)nnc2-c2ccncc2)cc1. The van der Waals surface area contributed by atoms with E-state index in [-0.39, 0.29) is 11.5 Å². The molecule has 0 spiro atoms. The summed E-state index contributed by atoms with van der Waals surface area (Å²) in [5.41, 5.74) is 2.32. The number of fused-ring (bicyclic) bond motifs is 1. The molecule has 0 aliphatic carbocycles. The van der Waals surface area contributed by atoms with Gasteiger partial charge >= 0.3 is 0 Å². The Balaban J connectivity index is 1.41. The summed E-state index contributed by atoms with van der Waals surface area (Å²) in [4.78, 5) is 17.1. The molecule has 5 rings (SSSR count). The zero-order valence-corrected chi connectivity index (χ0v) is 20.0. The van der Waals surface area contributed by atoms with Crippen LogP contribution in [0.1, 0.15) is 23.7 Å². The lowest BCUT2D eigenvalue weighted by Gasteiger charge is -2.12. The van der Waals surface area contributed by atoms with Crippen LogP contribution in [-0.4, -0.2) is 51.1 Å². The third-order valence-electron chi connectivity index (χ3n) is 5.38. The van der Waals surface area contributed by atoms with Crippen LogP contribution in [0.2, 0.25) is 0 Å². The Morgan fingerprint density at radius 3 is 2.54 bits per heavy atom. The van der Waals surface area contributed by atoms with Gasteiger partial charge in [0.2, 0.25) is 0 Å². The highest BCUT2D eigenvalue weighted by atomic mass is 32.2. The molecule has 0 radical (unpaired) electrons. The average molecular weight is 489 g/mol. The maximum atomic E-state index is 13.0. The lowest BCUT2D eigenvalue weighted by molar-refractivity contribution is 0.102. The van der Waals surface area contributed by atoms with Crippen molar-refractivity contribution in [2.45, 2.75) is 18.5 Å². The number of pyridine rings is 1. The number of nitrogens with zero attached hydrogens (tertiary/aromatic N) is 4. The van der Waals surface area contributed by atoms with E-state index in [1.54, 1.807) is 30.6 Å². The van der Waals surface area contributed by atoms with E-state index in [0.717, 1.165) is 23.4 Å². The molecule has 0 atom stereocenters. The summed E-state index contributed by atoms with van der Waals surface area (Å²) in [5, 5.41) is 9.44. The summed E-state index contributed by atoms with van der Waals surface area (Å²) < 4.78 is 18.9. The molecule has 0 amide bonds. The number of carbonyl (C=O) groups is 1. The number of rotatable bonds is 8. The molecule has 35 heavy (non-hydrogen) atoms. The molecule has 1 aliphatic heterocycles. The second-order valence-corrected chi connectivity index (χ2v) is 8.67. The molecule has 4 aromatic rings. The smallest absolute Gasteiger partial charge is 0.196 e. The number of carbonyl (C=O) groups excluding carboxylic acids is 1. The van der Waals surface area contributed by atoms with Crippen molar-refractivity contribution in [2.24, 2.45) is 0 Å².